The van der Waals surface area contributed by atoms with Crippen LogP contribution in [0.4, 0.5) is 0 Å². The molecule has 4 nitrogen and oxygen atoms in total. The molecule has 0 spiro atoms. The second kappa shape index (κ2) is 5.61. The van der Waals surface area contributed by atoms with Crippen LogP contribution in [0.2, 0.25) is 0 Å². The van der Waals surface area contributed by atoms with Crippen molar-refractivity contribution < 1.29 is 0 Å². The van der Waals surface area contributed by atoms with Gasteiger partial charge >= 0.3 is 0 Å². The Morgan fingerprint density at radius 1 is 1.05 bits per heavy atom. The molecule has 0 aliphatic rings. The maximum Gasteiger partial charge on any atom is 0.0888 e. The van der Waals surface area contributed by atoms with Crippen molar-refractivity contribution in [1.29, 1.82) is 0 Å². The standard InChI is InChI=1S/C13H12N4.C2H6/c1-9-6-14-8-12(16-9)10-3-4-13-11(5-10)7-15-17(13)2;1-2/h3-8H,1-2H3;1-2H3. The molecule has 0 aliphatic carbocycles. The molecule has 0 radical (unpaired) electrons. The van der Waals surface area contributed by atoms with Gasteiger partial charge in [-0.2, -0.15) is 5.10 Å². The van der Waals surface area contributed by atoms with E-state index in [4.69, 9.17) is 0 Å². The van der Waals surface area contributed by atoms with Crippen LogP contribution in [0.3, 0.4) is 0 Å². The van der Waals surface area contributed by atoms with E-state index < -0.39 is 0 Å². The number of hydrogen-bond acceptors (Lipinski definition) is 3. The van der Waals surface area contributed by atoms with Gasteiger partial charge in [0.2, 0.25) is 0 Å². The lowest BCUT2D eigenvalue weighted by Gasteiger charge is -2.02. The average molecular weight is 254 g/mol. The number of hydrogen-bond donors (Lipinski definition) is 0. The molecule has 0 unspecified atom stereocenters. The molecule has 0 saturated heterocycles. The van der Waals surface area contributed by atoms with E-state index >= 15 is 0 Å². The van der Waals surface area contributed by atoms with E-state index in [1.165, 1.54) is 0 Å². The smallest absolute Gasteiger partial charge is 0.0888 e. The Morgan fingerprint density at radius 3 is 2.58 bits per heavy atom. The molecule has 0 atom stereocenters. The number of nitrogens with zero attached hydrogens (tertiary/aromatic N) is 4. The van der Waals surface area contributed by atoms with Crippen molar-refractivity contribution in [3.05, 3.63) is 42.5 Å². The van der Waals surface area contributed by atoms with Gasteiger partial charge in [-0.05, 0) is 19.1 Å². The van der Waals surface area contributed by atoms with Gasteiger partial charge < -0.3 is 0 Å². The average Bonchev–Trinajstić information content (AvgIpc) is 2.82. The van der Waals surface area contributed by atoms with Crippen LogP contribution in [-0.2, 0) is 7.05 Å². The Morgan fingerprint density at radius 2 is 1.84 bits per heavy atom. The lowest BCUT2D eigenvalue weighted by atomic mass is 10.1. The number of rotatable bonds is 1. The third-order valence-corrected chi connectivity index (χ3v) is 2.80. The third-order valence-electron chi connectivity index (χ3n) is 2.80. The van der Waals surface area contributed by atoms with Crippen LogP contribution in [0.25, 0.3) is 22.2 Å². The second-order valence-electron chi connectivity index (χ2n) is 4.09. The summed E-state index contributed by atoms with van der Waals surface area (Å²) < 4.78 is 1.86. The van der Waals surface area contributed by atoms with Crippen LogP contribution in [-0.4, -0.2) is 19.7 Å². The summed E-state index contributed by atoms with van der Waals surface area (Å²) in [7, 11) is 1.94. The van der Waals surface area contributed by atoms with Crippen molar-refractivity contribution in [1.82, 2.24) is 19.7 Å². The zero-order valence-electron chi connectivity index (χ0n) is 11.8. The maximum atomic E-state index is 4.47. The van der Waals surface area contributed by atoms with Gasteiger partial charge in [0, 0.05) is 24.2 Å². The van der Waals surface area contributed by atoms with Crippen LogP contribution < -0.4 is 0 Å². The molecule has 4 heteroatoms. The first-order chi connectivity index (χ1) is 9.24. The molecule has 2 aromatic heterocycles. The summed E-state index contributed by atoms with van der Waals surface area (Å²) in [6.07, 6.45) is 5.40. The summed E-state index contributed by atoms with van der Waals surface area (Å²) in [5, 5.41) is 5.35. The summed E-state index contributed by atoms with van der Waals surface area (Å²) in [5.74, 6) is 0. The second-order valence-corrected chi connectivity index (χ2v) is 4.09. The zero-order chi connectivity index (χ0) is 13.8. The predicted molar refractivity (Wildman–Crippen MR) is 77.8 cm³/mol. The minimum absolute atomic E-state index is 0.899. The van der Waals surface area contributed by atoms with Crippen LogP contribution >= 0.6 is 0 Å². The molecule has 3 aromatic rings. The highest BCUT2D eigenvalue weighted by molar-refractivity contribution is 5.83. The summed E-state index contributed by atoms with van der Waals surface area (Å²) >= 11 is 0. The van der Waals surface area contributed by atoms with Crippen molar-refractivity contribution >= 4 is 10.9 Å². The molecule has 0 N–H and O–H groups in total. The summed E-state index contributed by atoms with van der Waals surface area (Å²) in [4.78, 5) is 8.63. The normalized spacial score (nSPS) is 10.1. The van der Waals surface area contributed by atoms with Crippen molar-refractivity contribution in [2.24, 2.45) is 7.05 Å². The van der Waals surface area contributed by atoms with Crippen molar-refractivity contribution in [2.75, 3.05) is 0 Å². The van der Waals surface area contributed by atoms with Crippen LogP contribution in [0.5, 0.6) is 0 Å². The highest BCUT2D eigenvalue weighted by atomic mass is 15.2. The number of aromatic nitrogens is 4. The highest BCUT2D eigenvalue weighted by Crippen LogP contribution is 2.22. The summed E-state index contributed by atoms with van der Waals surface area (Å²) in [6.45, 7) is 5.94. The minimum atomic E-state index is 0.899. The van der Waals surface area contributed by atoms with Crippen LogP contribution in [0, 0.1) is 6.92 Å². The number of benzene rings is 1. The zero-order valence-corrected chi connectivity index (χ0v) is 11.8. The fraction of sp³-hybridized carbons (Fsp3) is 0.267. The number of fused-ring (bicyclic) bond motifs is 1. The number of aryl methyl sites for hydroxylation is 2. The largest absolute Gasteiger partial charge is 0.268 e. The molecule has 2 heterocycles. The fourth-order valence-electron chi connectivity index (χ4n) is 1.93. The molecule has 0 aliphatic heterocycles. The van der Waals surface area contributed by atoms with E-state index in [1.807, 2.05) is 44.8 Å². The predicted octanol–water partition coefficient (Wildman–Crippen LogP) is 3.36. The van der Waals surface area contributed by atoms with Gasteiger partial charge in [-0.3, -0.25) is 9.67 Å². The lowest BCUT2D eigenvalue weighted by Crippen LogP contribution is -1.90. The molecule has 1 aromatic carbocycles. The van der Waals surface area contributed by atoms with E-state index in [0.29, 0.717) is 0 Å². The third kappa shape index (κ3) is 2.62. The van der Waals surface area contributed by atoms with Gasteiger partial charge in [-0.1, -0.05) is 19.9 Å². The highest BCUT2D eigenvalue weighted by Gasteiger charge is 2.04. The van der Waals surface area contributed by atoms with Gasteiger partial charge in [0.05, 0.1) is 29.3 Å². The molecular weight excluding hydrogens is 236 g/mol. The quantitative estimate of drug-likeness (QED) is 0.668. The first-order valence-electron chi connectivity index (χ1n) is 6.45. The Bertz CT molecular complexity index is 685. The Hall–Kier alpha value is -2.23. The van der Waals surface area contributed by atoms with Gasteiger partial charge in [0.1, 0.15) is 0 Å². The summed E-state index contributed by atoms with van der Waals surface area (Å²) in [5.41, 5.74) is 4.01. The molecule has 0 saturated carbocycles. The van der Waals surface area contributed by atoms with Crippen molar-refractivity contribution in [3.8, 4) is 11.3 Å². The monoisotopic (exact) mass is 254 g/mol. The van der Waals surface area contributed by atoms with Crippen LogP contribution in [0.1, 0.15) is 19.5 Å². The fourth-order valence-corrected chi connectivity index (χ4v) is 1.93. The van der Waals surface area contributed by atoms with E-state index in [2.05, 4.69) is 27.2 Å². The lowest BCUT2D eigenvalue weighted by molar-refractivity contribution is 0.797. The molecule has 0 amide bonds. The van der Waals surface area contributed by atoms with Crippen molar-refractivity contribution in [2.45, 2.75) is 20.8 Å². The first-order valence-corrected chi connectivity index (χ1v) is 6.45. The summed E-state index contributed by atoms with van der Waals surface area (Å²) in [6, 6.07) is 6.20. The SMILES string of the molecule is CC.Cc1cncc(-c2ccc3c(cnn3C)c2)n1. The van der Waals surface area contributed by atoms with Gasteiger partial charge in [-0.25, -0.2) is 4.98 Å². The Kier molecular flexibility index (Phi) is 3.90. The van der Waals surface area contributed by atoms with Crippen LogP contribution in [0.15, 0.2) is 36.8 Å². The molecule has 3 rings (SSSR count). The van der Waals surface area contributed by atoms with Gasteiger partial charge in [0.25, 0.3) is 0 Å². The topological polar surface area (TPSA) is 43.6 Å². The van der Waals surface area contributed by atoms with E-state index in [1.54, 1.807) is 12.4 Å². The van der Waals surface area contributed by atoms with E-state index in [0.717, 1.165) is 27.9 Å². The van der Waals surface area contributed by atoms with E-state index in [9.17, 15) is 0 Å². The Labute approximate surface area is 113 Å². The van der Waals surface area contributed by atoms with Gasteiger partial charge in [0.15, 0.2) is 0 Å². The van der Waals surface area contributed by atoms with E-state index in [-0.39, 0.29) is 0 Å². The molecule has 0 bridgehead atoms. The minimum Gasteiger partial charge on any atom is -0.268 e. The van der Waals surface area contributed by atoms with Crippen molar-refractivity contribution in [3.63, 3.8) is 0 Å². The molecule has 19 heavy (non-hydrogen) atoms. The first kappa shape index (κ1) is 13.2. The molecular formula is C15H18N4. The van der Waals surface area contributed by atoms with Gasteiger partial charge in [-0.15, -0.1) is 0 Å². The molecule has 0 fully saturated rings. The maximum absolute atomic E-state index is 4.47. The molecule has 98 valence electrons. The Balaban J connectivity index is 0.000000637.